The van der Waals surface area contributed by atoms with E-state index in [1.165, 1.54) is 33.4 Å². The molecule has 0 aliphatic rings. The van der Waals surface area contributed by atoms with Crippen LogP contribution in [0.25, 0.3) is 17.2 Å². The first-order valence-electron chi connectivity index (χ1n) is 11.8. The van der Waals surface area contributed by atoms with Gasteiger partial charge in [0.15, 0.2) is 0 Å². The van der Waals surface area contributed by atoms with Crippen LogP contribution in [0.1, 0.15) is 41.2 Å². The van der Waals surface area contributed by atoms with E-state index in [0.717, 1.165) is 29.6 Å². The van der Waals surface area contributed by atoms with Crippen LogP contribution in [0.4, 0.5) is 5.69 Å². The molecule has 3 heteroatoms. The van der Waals surface area contributed by atoms with Gasteiger partial charge in [0, 0.05) is 17.6 Å². The maximum Gasteiger partial charge on any atom is 0.232 e. The van der Waals surface area contributed by atoms with Gasteiger partial charge in [-0.25, -0.2) is 0 Å². The fraction of sp³-hybridized carbons (Fsp3) is 0.0938. The molecular weight excluding hydrogens is 446 g/mol. The van der Waals surface area contributed by atoms with Gasteiger partial charge in [-0.05, 0) is 70.5 Å². The summed E-state index contributed by atoms with van der Waals surface area (Å²) in [7, 11) is 0. The highest BCUT2D eigenvalue weighted by Crippen LogP contribution is 2.35. The van der Waals surface area contributed by atoms with Crippen LogP contribution in [0.3, 0.4) is 0 Å². The summed E-state index contributed by atoms with van der Waals surface area (Å²) in [4.78, 5) is 12.3. The number of aryl methyl sites for hydroxylation is 1. The Kier molecular flexibility index (Phi) is 8.37. The van der Waals surface area contributed by atoms with Crippen LogP contribution in [0.5, 0.6) is 0 Å². The van der Waals surface area contributed by atoms with E-state index in [2.05, 4.69) is 97.4 Å². The van der Waals surface area contributed by atoms with E-state index in [1.54, 1.807) is 6.08 Å². The third-order valence-corrected chi connectivity index (χ3v) is 6.52. The summed E-state index contributed by atoms with van der Waals surface area (Å²) < 4.78 is 3.07. The van der Waals surface area contributed by atoms with Crippen molar-refractivity contribution >= 4 is 40.0 Å². The molecule has 0 amide bonds. The zero-order chi connectivity index (χ0) is 24.5. The van der Waals surface area contributed by atoms with E-state index in [0.29, 0.717) is 0 Å². The average Bonchev–Trinajstić information content (AvgIpc) is 2.91. The van der Waals surface area contributed by atoms with Crippen LogP contribution < -0.4 is 4.72 Å². The van der Waals surface area contributed by atoms with Crippen molar-refractivity contribution in [1.82, 2.24) is 0 Å². The van der Waals surface area contributed by atoms with E-state index >= 15 is 0 Å². The van der Waals surface area contributed by atoms with E-state index in [4.69, 9.17) is 0 Å². The molecule has 0 saturated heterocycles. The summed E-state index contributed by atoms with van der Waals surface area (Å²) in [5.74, 6) is 0. The quantitative estimate of drug-likeness (QED) is 0.157. The molecule has 35 heavy (non-hydrogen) atoms. The molecule has 0 atom stereocenters. The molecule has 0 spiro atoms. The third-order valence-electron chi connectivity index (χ3n) is 5.85. The lowest BCUT2D eigenvalue weighted by atomic mass is 9.86. The summed E-state index contributed by atoms with van der Waals surface area (Å²) in [5.41, 5.74) is 9.38. The van der Waals surface area contributed by atoms with E-state index in [-0.39, 0.29) is 5.12 Å². The fourth-order valence-electron chi connectivity index (χ4n) is 4.08. The second-order valence-electron chi connectivity index (χ2n) is 8.23. The van der Waals surface area contributed by atoms with Crippen molar-refractivity contribution in [2.75, 3.05) is 4.72 Å². The van der Waals surface area contributed by atoms with Crippen LogP contribution in [0, 0.1) is 6.92 Å². The molecule has 0 saturated carbocycles. The Bertz CT molecular complexity index is 1320. The van der Waals surface area contributed by atoms with Crippen molar-refractivity contribution in [3.63, 3.8) is 0 Å². The summed E-state index contributed by atoms with van der Waals surface area (Å²) in [6.45, 7) is 4.38. The van der Waals surface area contributed by atoms with Gasteiger partial charge in [-0.3, -0.25) is 4.79 Å². The number of nitrogens with one attached hydrogen (secondary N) is 1. The molecule has 174 valence electrons. The van der Waals surface area contributed by atoms with Crippen LogP contribution in [0.2, 0.25) is 0 Å². The minimum Gasteiger partial charge on any atom is -0.323 e. The Morgan fingerprint density at radius 2 is 1.40 bits per heavy atom. The standard InChI is InChI=1S/C32H29NOS/c1-3-29(26-13-6-4-7-14-26)32(30-17-11-10-12-24(30)2)27-21-18-25(19-22-27)20-23-31(34)35-33-28-15-8-5-9-16-28/h4-23,33H,3H2,1-2H3/b23-20+,32-29+. The first-order chi connectivity index (χ1) is 17.2. The SMILES string of the molecule is CC/C(=C(/c1ccc(/C=C/C(=O)SNc2ccccc2)cc1)c1ccccc1C)c1ccccc1. The number of hydrogen-bond donors (Lipinski definition) is 1. The Morgan fingerprint density at radius 3 is 2.06 bits per heavy atom. The maximum absolute atomic E-state index is 12.3. The molecule has 0 unspecified atom stereocenters. The Balaban J connectivity index is 1.60. The van der Waals surface area contributed by atoms with Gasteiger partial charge in [0.25, 0.3) is 0 Å². The largest absolute Gasteiger partial charge is 0.323 e. The molecule has 1 N–H and O–H groups in total. The van der Waals surface area contributed by atoms with E-state index in [9.17, 15) is 4.79 Å². The molecule has 0 bridgehead atoms. The van der Waals surface area contributed by atoms with Crippen LogP contribution in [-0.4, -0.2) is 5.12 Å². The molecule has 0 radical (unpaired) electrons. The second-order valence-corrected chi connectivity index (χ2v) is 9.04. The van der Waals surface area contributed by atoms with Gasteiger partial charge in [-0.2, -0.15) is 0 Å². The minimum atomic E-state index is -0.0456. The number of carbonyl (C=O) groups is 1. The van der Waals surface area contributed by atoms with Gasteiger partial charge in [0.05, 0.1) is 0 Å². The topological polar surface area (TPSA) is 29.1 Å². The van der Waals surface area contributed by atoms with Crippen molar-refractivity contribution in [3.05, 3.63) is 143 Å². The molecule has 0 fully saturated rings. The summed E-state index contributed by atoms with van der Waals surface area (Å²) >= 11 is 1.08. The third kappa shape index (κ3) is 6.40. The lowest BCUT2D eigenvalue weighted by molar-refractivity contribution is -0.106. The lowest BCUT2D eigenvalue weighted by Gasteiger charge is -2.18. The molecule has 0 aromatic heterocycles. The van der Waals surface area contributed by atoms with Crippen LogP contribution in [0.15, 0.2) is 115 Å². The zero-order valence-electron chi connectivity index (χ0n) is 20.1. The van der Waals surface area contributed by atoms with Crippen molar-refractivity contribution in [3.8, 4) is 0 Å². The maximum atomic E-state index is 12.3. The van der Waals surface area contributed by atoms with Gasteiger partial charge < -0.3 is 4.72 Å². The monoisotopic (exact) mass is 475 g/mol. The predicted octanol–water partition coefficient (Wildman–Crippen LogP) is 8.66. The zero-order valence-corrected chi connectivity index (χ0v) is 20.9. The second kappa shape index (κ2) is 12.0. The van der Waals surface area contributed by atoms with Crippen LogP contribution in [-0.2, 0) is 4.79 Å². The highest BCUT2D eigenvalue weighted by atomic mass is 32.2. The fourth-order valence-corrected chi connectivity index (χ4v) is 4.58. The number of hydrogen-bond acceptors (Lipinski definition) is 3. The number of anilines is 1. The van der Waals surface area contributed by atoms with Crippen molar-refractivity contribution in [1.29, 1.82) is 0 Å². The number of benzene rings is 4. The summed E-state index contributed by atoms with van der Waals surface area (Å²) in [6, 6.07) is 37.3. The van der Waals surface area contributed by atoms with Gasteiger partial charge >= 0.3 is 0 Å². The van der Waals surface area contributed by atoms with Gasteiger partial charge in [-0.15, -0.1) is 0 Å². The normalized spacial score (nSPS) is 11.8. The first kappa shape index (κ1) is 24.3. The summed E-state index contributed by atoms with van der Waals surface area (Å²) in [5, 5.41) is -0.0456. The van der Waals surface area contributed by atoms with Gasteiger partial charge in [0.1, 0.15) is 0 Å². The molecule has 4 rings (SSSR count). The minimum absolute atomic E-state index is 0.0456. The molecule has 2 nitrogen and oxygen atoms in total. The average molecular weight is 476 g/mol. The van der Waals surface area contributed by atoms with Gasteiger partial charge in [0.2, 0.25) is 5.12 Å². The molecule has 4 aromatic rings. The van der Waals surface area contributed by atoms with Gasteiger partial charge in [-0.1, -0.05) is 110 Å². The number of carbonyl (C=O) groups excluding carboxylic acids is 1. The Hall–Kier alpha value is -3.82. The highest BCUT2D eigenvalue weighted by Gasteiger charge is 2.14. The molecular formula is C32H29NOS. The first-order valence-corrected chi connectivity index (χ1v) is 12.6. The summed E-state index contributed by atoms with van der Waals surface area (Å²) in [6.07, 6.45) is 4.39. The van der Waals surface area contributed by atoms with E-state index < -0.39 is 0 Å². The molecule has 0 aliphatic heterocycles. The number of allylic oxidation sites excluding steroid dienone is 1. The van der Waals surface area contributed by atoms with Crippen molar-refractivity contribution < 1.29 is 4.79 Å². The van der Waals surface area contributed by atoms with E-state index in [1.807, 2.05) is 36.4 Å². The molecule has 4 aromatic carbocycles. The lowest BCUT2D eigenvalue weighted by Crippen LogP contribution is -1.97. The number of rotatable bonds is 8. The molecule has 0 heterocycles. The highest BCUT2D eigenvalue weighted by molar-refractivity contribution is 8.15. The van der Waals surface area contributed by atoms with Crippen molar-refractivity contribution in [2.24, 2.45) is 0 Å². The molecule has 0 aliphatic carbocycles. The Labute approximate surface area is 212 Å². The van der Waals surface area contributed by atoms with Crippen LogP contribution >= 0.6 is 11.9 Å². The number of para-hydroxylation sites is 1. The Morgan fingerprint density at radius 1 is 0.771 bits per heavy atom. The smallest absolute Gasteiger partial charge is 0.232 e. The van der Waals surface area contributed by atoms with Crippen molar-refractivity contribution in [2.45, 2.75) is 20.3 Å². The predicted molar refractivity (Wildman–Crippen MR) is 152 cm³/mol.